The van der Waals surface area contributed by atoms with Crippen LogP contribution in [0.25, 0.3) is 0 Å². The first-order valence-corrected chi connectivity index (χ1v) is 8.29. The molecule has 1 fully saturated rings. The van der Waals surface area contributed by atoms with Gasteiger partial charge in [-0.3, -0.25) is 9.88 Å². The van der Waals surface area contributed by atoms with Gasteiger partial charge in [0.05, 0.1) is 17.8 Å². The zero-order chi connectivity index (χ0) is 17.1. The lowest BCUT2D eigenvalue weighted by atomic mass is 10.0. The molecule has 3 rings (SSSR count). The fourth-order valence-corrected chi connectivity index (χ4v) is 2.91. The minimum absolute atomic E-state index is 0.0210. The van der Waals surface area contributed by atoms with Crippen molar-refractivity contribution in [3.8, 4) is 0 Å². The number of carbonyl (C=O) groups excluding carboxylic acids is 1. The predicted octanol–water partition coefficient (Wildman–Crippen LogP) is 2.37. The summed E-state index contributed by atoms with van der Waals surface area (Å²) in [6, 6.07) is 5.81. The molecule has 3 atom stereocenters. The van der Waals surface area contributed by atoms with Crippen molar-refractivity contribution >= 4 is 18.3 Å². The normalized spacial score (nSPS) is 24.8. The highest BCUT2D eigenvalue weighted by molar-refractivity contribution is 5.90. The second-order valence-electron chi connectivity index (χ2n) is 6.40. The zero-order valence-electron chi connectivity index (χ0n) is 14.2. The molecule has 7 heteroatoms. The number of carbonyl (C=O) groups is 1. The van der Waals surface area contributed by atoms with Crippen molar-refractivity contribution in [1.29, 1.82) is 0 Å². The minimum atomic E-state index is -0.296. The summed E-state index contributed by atoms with van der Waals surface area (Å²) < 4.78 is 5.22. The number of hydrogen-bond donors (Lipinski definition) is 1. The molecular formula is C17H23N5O2. The molecule has 128 valence electrons. The van der Waals surface area contributed by atoms with Gasteiger partial charge in [0.25, 0.3) is 0 Å². The van der Waals surface area contributed by atoms with E-state index in [4.69, 9.17) is 4.74 Å². The van der Waals surface area contributed by atoms with Crippen molar-refractivity contribution in [3.63, 3.8) is 0 Å². The Balaban J connectivity index is 1.73. The molecule has 1 unspecified atom stereocenters. The zero-order valence-corrected chi connectivity index (χ0v) is 14.2. The molecule has 1 amide bonds. The molecule has 0 aliphatic carbocycles. The molecule has 2 aliphatic rings. The van der Waals surface area contributed by atoms with Gasteiger partial charge in [-0.25, -0.2) is 14.8 Å². The number of amides is 1. The van der Waals surface area contributed by atoms with E-state index < -0.39 is 0 Å². The summed E-state index contributed by atoms with van der Waals surface area (Å²) in [7, 11) is 0. The van der Waals surface area contributed by atoms with Crippen LogP contribution in [0, 0.1) is 5.92 Å². The van der Waals surface area contributed by atoms with Gasteiger partial charge in [-0.2, -0.15) is 0 Å². The third-order valence-electron chi connectivity index (χ3n) is 4.31. The van der Waals surface area contributed by atoms with Crippen molar-refractivity contribution in [2.45, 2.75) is 45.4 Å². The molecular weight excluding hydrogens is 306 g/mol. The monoisotopic (exact) mass is 329 g/mol. The van der Waals surface area contributed by atoms with Crippen LogP contribution in [0.15, 0.2) is 34.4 Å². The van der Waals surface area contributed by atoms with Gasteiger partial charge < -0.3 is 10.1 Å². The van der Waals surface area contributed by atoms with Crippen molar-refractivity contribution in [3.05, 3.63) is 30.1 Å². The number of aromatic nitrogens is 1. The number of ether oxygens (including phenoxy) is 1. The fraction of sp³-hybridized carbons (Fsp3) is 0.529. The first-order chi connectivity index (χ1) is 11.6. The van der Waals surface area contributed by atoms with E-state index in [1.54, 1.807) is 17.3 Å². The molecule has 0 spiro atoms. The van der Waals surface area contributed by atoms with Gasteiger partial charge in [0.1, 0.15) is 12.8 Å². The maximum atomic E-state index is 12.1. The van der Waals surface area contributed by atoms with E-state index in [-0.39, 0.29) is 24.3 Å². The molecule has 0 radical (unpaired) electrons. The fourth-order valence-electron chi connectivity index (χ4n) is 2.91. The highest BCUT2D eigenvalue weighted by Crippen LogP contribution is 2.25. The second kappa shape index (κ2) is 6.98. The van der Waals surface area contributed by atoms with Crippen LogP contribution in [-0.4, -0.2) is 47.0 Å². The van der Waals surface area contributed by atoms with Crippen molar-refractivity contribution in [2.75, 3.05) is 6.61 Å². The number of pyridine rings is 1. The van der Waals surface area contributed by atoms with E-state index >= 15 is 0 Å². The lowest BCUT2D eigenvalue weighted by Crippen LogP contribution is -2.46. The highest BCUT2D eigenvalue weighted by atomic mass is 16.6. The summed E-state index contributed by atoms with van der Waals surface area (Å²) in [5.74, 6) is 0.834. The standard InChI is InChI=1S/C17H23N5O2/c1-11(2)14-10-24-17(23)22(14)15-7-9-19-16(21-15)20-12(3)13-6-4-5-8-18-13/h4-6,8-9,11-12,14-15H,7,10H2,1-3H3,(H,20,21)/t12-,14+,15?/m0/s1. The smallest absolute Gasteiger partial charge is 0.411 e. The van der Waals surface area contributed by atoms with Crippen molar-refractivity contribution in [1.82, 2.24) is 15.2 Å². The lowest BCUT2D eigenvalue weighted by Gasteiger charge is -2.31. The van der Waals surface area contributed by atoms with E-state index in [2.05, 4.69) is 34.1 Å². The summed E-state index contributed by atoms with van der Waals surface area (Å²) >= 11 is 0. The van der Waals surface area contributed by atoms with E-state index in [0.29, 0.717) is 24.9 Å². The summed E-state index contributed by atoms with van der Waals surface area (Å²) in [5.41, 5.74) is 0.915. The average Bonchev–Trinajstić information content (AvgIpc) is 2.98. The highest BCUT2D eigenvalue weighted by Gasteiger charge is 2.40. The molecule has 1 aromatic heterocycles. The molecule has 1 N–H and O–H groups in total. The molecule has 0 bridgehead atoms. The predicted molar refractivity (Wildman–Crippen MR) is 91.9 cm³/mol. The van der Waals surface area contributed by atoms with Gasteiger partial charge in [0, 0.05) is 18.8 Å². The first-order valence-electron chi connectivity index (χ1n) is 8.29. The number of guanidine groups is 1. The third-order valence-corrected chi connectivity index (χ3v) is 4.31. The van der Waals surface area contributed by atoms with E-state index in [9.17, 15) is 4.79 Å². The summed E-state index contributed by atoms with van der Waals surface area (Å²) in [6.07, 6.45) is 3.59. The van der Waals surface area contributed by atoms with Gasteiger partial charge in [0.15, 0.2) is 0 Å². The number of cyclic esters (lactones) is 1. The molecule has 0 saturated carbocycles. The number of nitrogens with zero attached hydrogens (tertiary/aromatic N) is 4. The van der Waals surface area contributed by atoms with Crippen molar-refractivity contribution < 1.29 is 9.53 Å². The van der Waals surface area contributed by atoms with Gasteiger partial charge >= 0.3 is 6.09 Å². The Morgan fingerprint density at radius 2 is 2.17 bits per heavy atom. The Bertz CT molecular complexity index is 644. The lowest BCUT2D eigenvalue weighted by molar-refractivity contribution is 0.142. The van der Waals surface area contributed by atoms with E-state index in [1.165, 1.54) is 0 Å². The maximum Gasteiger partial charge on any atom is 0.411 e. The maximum absolute atomic E-state index is 12.1. The van der Waals surface area contributed by atoms with Crippen LogP contribution in [0.3, 0.4) is 0 Å². The quantitative estimate of drug-likeness (QED) is 0.920. The van der Waals surface area contributed by atoms with Crippen molar-refractivity contribution in [2.24, 2.45) is 15.9 Å². The van der Waals surface area contributed by atoms with E-state index in [1.807, 2.05) is 25.1 Å². The second-order valence-corrected chi connectivity index (χ2v) is 6.40. The molecule has 1 aromatic rings. The first kappa shape index (κ1) is 16.4. The van der Waals surface area contributed by atoms with Crippen LogP contribution in [0.5, 0.6) is 0 Å². The van der Waals surface area contributed by atoms with E-state index in [0.717, 1.165) is 5.69 Å². The van der Waals surface area contributed by atoms with Crippen LogP contribution in [0.2, 0.25) is 0 Å². The average molecular weight is 329 g/mol. The van der Waals surface area contributed by atoms with Crippen LogP contribution < -0.4 is 5.32 Å². The Morgan fingerprint density at radius 3 is 2.88 bits per heavy atom. The molecule has 2 aliphatic heterocycles. The number of aliphatic imine (C=N–C) groups is 2. The Labute approximate surface area is 141 Å². The van der Waals surface area contributed by atoms with Gasteiger partial charge in [0.2, 0.25) is 5.96 Å². The van der Waals surface area contributed by atoms with Crippen LogP contribution in [0.4, 0.5) is 4.79 Å². The topological polar surface area (TPSA) is 79.2 Å². The van der Waals surface area contributed by atoms with Crippen LogP contribution in [-0.2, 0) is 4.74 Å². The largest absolute Gasteiger partial charge is 0.447 e. The summed E-state index contributed by atoms with van der Waals surface area (Å²) in [6.45, 7) is 6.60. The Hall–Kier alpha value is -2.44. The molecule has 0 aromatic carbocycles. The molecule has 3 heterocycles. The molecule has 24 heavy (non-hydrogen) atoms. The Morgan fingerprint density at radius 1 is 1.33 bits per heavy atom. The van der Waals surface area contributed by atoms with Crippen LogP contribution in [0.1, 0.15) is 38.9 Å². The number of rotatable bonds is 4. The SMILES string of the molecule is CC(C)[C@H]1COC(=O)N1C1CC=NC(N[C@@H](C)c2ccccn2)=N1. The Kier molecular flexibility index (Phi) is 4.78. The number of hydrogen-bond acceptors (Lipinski definition) is 6. The summed E-state index contributed by atoms with van der Waals surface area (Å²) in [5, 5.41) is 3.26. The van der Waals surface area contributed by atoms with Crippen LogP contribution >= 0.6 is 0 Å². The molecule has 1 saturated heterocycles. The number of nitrogens with one attached hydrogen (secondary N) is 1. The van der Waals surface area contributed by atoms with Gasteiger partial charge in [-0.15, -0.1) is 0 Å². The minimum Gasteiger partial charge on any atom is -0.447 e. The third kappa shape index (κ3) is 3.39. The van der Waals surface area contributed by atoms with Gasteiger partial charge in [-0.1, -0.05) is 19.9 Å². The summed E-state index contributed by atoms with van der Waals surface area (Å²) in [4.78, 5) is 27.1. The van der Waals surface area contributed by atoms with Gasteiger partial charge in [-0.05, 0) is 25.0 Å². The molecule has 7 nitrogen and oxygen atoms in total.